The summed E-state index contributed by atoms with van der Waals surface area (Å²) >= 11 is 0. The molecule has 0 saturated carbocycles. The molecular weight excluding hydrogens is 260 g/mol. The van der Waals surface area contributed by atoms with Crippen LogP contribution < -0.4 is 5.73 Å². The summed E-state index contributed by atoms with van der Waals surface area (Å²) in [4.78, 5) is 25.3. The van der Waals surface area contributed by atoms with Gasteiger partial charge in [0.25, 0.3) is 5.91 Å². The first-order valence-electron chi connectivity index (χ1n) is 6.53. The summed E-state index contributed by atoms with van der Waals surface area (Å²) in [6, 6.07) is 4.19. The number of primary amides is 1. The van der Waals surface area contributed by atoms with Gasteiger partial charge in [0.15, 0.2) is 11.5 Å². The number of piperidine rings is 1. The quantitative estimate of drug-likeness (QED) is 0.697. The molecule has 2 amide bonds. The average molecular weight is 278 g/mol. The lowest BCUT2D eigenvalue weighted by Crippen LogP contribution is -2.48. The van der Waals surface area contributed by atoms with Crippen molar-refractivity contribution in [2.75, 3.05) is 6.54 Å². The molecule has 108 valence electrons. The van der Waals surface area contributed by atoms with E-state index in [1.54, 1.807) is 0 Å². The number of rotatable bonds is 2. The molecule has 1 aliphatic heterocycles. The van der Waals surface area contributed by atoms with Gasteiger partial charge in [-0.3, -0.25) is 9.59 Å². The number of phenols is 2. The summed E-state index contributed by atoms with van der Waals surface area (Å²) in [6.07, 6.45) is 1.34. The second-order valence-electron chi connectivity index (χ2n) is 5.16. The fourth-order valence-electron chi connectivity index (χ4n) is 2.48. The van der Waals surface area contributed by atoms with Crippen LogP contribution in [-0.2, 0) is 4.79 Å². The van der Waals surface area contributed by atoms with Crippen LogP contribution in [0.5, 0.6) is 11.5 Å². The van der Waals surface area contributed by atoms with Crippen molar-refractivity contribution in [3.8, 4) is 11.5 Å². The van der Waals surface area contributed by atoms with Gasteiger partial charge >= 0.3 is 0 Å². The third-order valence-corrected chi connectivity index (χ3v) is 3.79. The van der Waals surface area contributed by atoms with Crippen molar-refractivity contribution in [1.82, 2.24) is 4.90 Å². The summed E-state index contributed by atoms with van der Waals surface area (Å²) in [7, 11) is 0. The van der Waals surface area contributed by atoms with E-state index in [0.717, 1.165) is 0 Å². The molecule has 1 fully saturated rings. The lowest BCUT2D eigenvalue weighted by atomic mass is 9.92. The number of nitrogens with two attached hydrogens (primary N) is 1. The number of benzene rings is 1. The average Bonchev–Trinajstić information content (AvgIpc) is 2.41. The molecule has 0 bridgehead atoms. The van der Waals surface area contributed by atoms with Gasteiger partial charge in [-0.2, -0.15) is 0 Å². The summed E-state index contributed by atoms with van der Waals surface area (Å²) in [5.74, 6) is -1.97. The van der Waals surface area contributed by atoms with E-state index in [4.69, 9.17) is 5.73 Å². The molecule has 6 heteroatoms. The van der Waals surface area contributed by atoms with Gasteiger partial charge in [-0.25, -0.2) is 0 Å². The Hall–Kier alpha value is -2.24. The highest BCUT2D eigenvalue weighted by molar-refractivity contribution is 5.98. The monoisotopic (exact) mass is 278 g/mol. The number of likely N-dealkylation sites (tertiary alicyclic amines) is 1. The first-order valence-corrected chi connectivity index (χ1v) is 6.53. The number of carbonyl (C=O) groups excluding carboxylic acids is 2. The predicted molar refractivity (Wildman–Crippen MR) is 72.2 cm³/mol. The van der Waals surface area contributed by atoms with E-state index in [2.05, 4.69) is 0 Å². The highest BCUT2D eigenvalue weighted by Crippen LogP contribution is 2.31. The van der Waals surface area contributed by atoms with Crippen LogP contribution in [0.2, 0.25) is 0 Å². The zero-order chi connectivity index (χ0) is 14.9. The maximum atomic E-state index is 12.5. The molecule has 4 N–H and O–H groups in total. The summed E-state index contributed by atoms with van der Waals surface area (Å²) in [5, 5.41) is 19.2. The molecule has 0 spiro atoms. The number of carbonyl (C=O) groups is 2. The minimum absolute atomic E-state index is 0.0296. The minimum Gasteiger partial charge on any atom is -0.504 e. The second-order valence-corrected chi connectivity index (χ2v) is 5.16. The highest BCUT2D eigenvalue weighted by Gasteiger charge is 2.33. The first-order chi connectivity index (χ1) is 9.41. The maximum absolute atomic E-state index is 12.5. The summed E-state index contributed by atoms with van der Waals surface area (Å²) in [5.41, 5.74) is 5.33. The zero-order valence-electron chi connectivity index (χ0n) is 11.2. The minimum atomic E-state index is -0.439. The fraction of sp³-hybridized carbons (Fsp3) is 0.429. The lowest BCUT2D eigenvalue weighted by molar-refractivity contribution is -0.123. The molecule has 1 aromatic carbocycles. The Morgan fingerprint density at radius 3 is 2.65 bits per heavy atom. The Kier molecular flexibility index (Phi) is 3.83. The van der Waals surface area contributed by atoms with E-state index in [9.17, 15) is 19.8 Å². The Labute approximate surface area is 116 Å². The van der Waals surface area contributed by atoms with E-state index in [0.29, 0.717) is 12.8 Å². The van der Waals surface area contributed by atoms with Crippen LogP contribution in [-0.4, -0.2) is 39.5 Å². The molecular formula is C14H18N2O4. The zero-order valence-corrected chi connectivity index (χ0v) is 11.2. The SMILES string of the molecule is CC1CCC(C(N)=O)CN1C(=O)c1cccc(O)c1O. The van der Waals surface area contributed by atoms with Crippen molar-refractivity contribution in [2.45, 2.75) is 25.8 Å². The van der Waals surface area contributed by atoms with E-state index in [1.165, 1.54) is 23.1 Å². The lowest BCUT2D eigenvalue weighted by Gasteiger charge is -2.37. The Morgan fingerprint density at radius 1 is 1.30 bits per heavy atom. The van der Waals surface area contributed by atoms with Crippen LogP contribution in [0, 0.1) is 5.92 Å². The predicted octanol–water partition coefficient (Wildman–Crippen LogP) is 0.824. The summed E-state index contributed by atoms with van der Waals surface area (Å²) < 4.78 is 0. The molecule has 1 aliphatic rings. The van der Waals surface area contributed by atoms with Crippen molar-refractivity contribution in [3.63, 3.8) is 0 Å². The van der Waals surface area contributed by atoms with E-state index in [1.807, 2.05) is 6.92 Å². The normalized spacial score (nSPS) is 22.6. The van der Waals surface area contributed by atoms with Crippen LogP contribution in [0.15, 0.2) is 18.2 Å². The maximum Gasteiger partial charge on any atom is 0.258 e. The Bertz CT molecular complexity index is 544. The van der Waals surface area contributed by atoms with E-state index in [-0.39, 0.29) is 29.8 Å². The van der Waals surface area contributed by atoms with Gasteiger partial charge in [-0.15, -0.1) is 0 Å². The molecule has 1 saturated heterocycles. The molecule has 20 heavy (non-hydrogen) atoms. The third-order valence-electron chi connectivity index (χ3n) is 3.79. The van der Waals surface area contributed by atoms with Crippen molar-refractivity contribution in [3.05, 3.63) is 23.8 Å². The van der Waals surface area contributed by atoms with Gasteiger partial charge in [0.05, 0.1) is 11.5 Å². The van der Waals surface area contributed by atoms with Crippen LogP contribution >= 0.6 is 0 Å². The number of hydrogen-bond acceptors (Lipinski definition) is 4. The smallest absolute Gasteiger partial charge is 0.258 e. The molecule has 2 rings (SSSR count). The fourth-order valence-corrected chi connectivity index (χ4v) is 2.48. The molecule has 6 nitrogen and oxygen atoms in total. The molecule has 2 unspecified atom stereocenters. The van der Waals surface area contributed by atoms with E-state index >= 15 is 0 Å². The van der Waals surface area contributed by atoms with Gasteiger partial charge in [-0.1, -0.05) is 6.07 Å². The van der Waals surface area contributed by atoms with Crippen molar-refractivity contribution in [1.29, 1.82) is 0 Å². The summed E-state index contributed by atoms with van der Waals surface area (Å²) in [6.45, 7) is 2.12. The van der Waals surface area contributed by atoms with Gasteiger partial charge in [-0.05, 0) is 31.9 Å². The Balaban J connectivity index is 2.26. The van der Waals surface area contributed by atoms with Crippen molar-refractivity contribution in [2.24, 2.45) is 11.7 Å². The van der Waals surface area contributed by atoms with Crippen LogP contribution in [0.1, 0.15) is 30.1 Å². The number of amides is 2. The van der Waals surface area contributed by atoms with Crippen LogP contribution in [0.4, 0.5) is 0 Å². The first kappa shape index (κ1) is 14.2. The van der Waals surface area contributed by atoms with Crippen LogP contribution in [0.3, 0.4) is 0 Å². The van der Waals surface area contributed by atoms with E-state index < -0.39 is 17.6 Å². The number of hydrogen-bond donors (Lipinski definition) is 3. The Morgan fingerprint density at radius 2 is 2.00 bits per heavy atom. The van der Waals surface area contributed by atoms with Gasteiger partial charge in [0, 0.05) is 12.6 Å². The molecule has 0 radical (unpaired) electrons. The largest absolute Gasteiger partial charge is 0.504 e. The molecule has 0 aliphatic carbocycles. The standard InChI is InChI=1S/C14H18N2O4/c1-8-5-6-9(13(15)19)7-16(8)14(20)10-3-2-4-11(17)12(10)18/h2-4,8-9,17-18H,5-7H2,1H3,(H2,15,19). The number of nitrogens with zero attached hydrogens (tertiary/aromatic N) is 1. The highest BCUT2D eigenvalue weighted by atomic mass is 16.3. The molecule has 1 aromatic rings. The number of para-hydroxylation sites is 1. The van der Waals surface area contributed by atoms with Gasteiger partial charge in [0.1, 0.15) is 0 Å². The number of aromatic hydroxyl groups is 2. The third kappa shape index (κ3) is 2.54. The second kappa shape index (κ2) is 5.40. The molecule has 1 heterocycles. The molecule has 2 atom stereocenters. The van der Waals surface area contributed by atoms with Gasteiger partial charge in [0.2, 0.25) is 5.91 Å². The van der Waals surface area contributed by atoms with Gasteiger partial charge < -0.3 is 20.8 Å². The van der Waals surface area contributed by atoms with Crippen molar-refractivity contribution < 1.29 is 19.8 Å². The number of phenolic OH excluding ortho intramolecular Hbond substituents is 2. The topological polar surface area (TPSA) is 104 Å². The van der Waals surface area contributed by atoms with Crippen LogP contribution in [0.25, 0.3) is 0 Å². The van der Waals surface area contributed by atoms with Crippen molar-refractivity contribution >= 4 is 11.8 Å². The molecule has 0 aromatic heterocycles.